The summed E-state index contributed by atoms with van der Waals surface area (Å²) in [7, 11) is 0. The standard InChI is InChI=1S/C29H25NO4/c1-20-16-17-21(2)26(18-20)30-28(31)27(22-10-5-3-6-11-22)34-29(32)23-12-9-15-25(19-23)33-24-13-7-4-8-14-24/h3-19,27H,1-2H3,(H,30,31)/t27-/m1/s1. The summed E-state index contributed by atoms with van der Waals surface area (Å²) in [4.78, 5) is 26.3. The summed E-state index contributed by atoms with van der Waals surface area (Å²) in [6.07, 6.45) is -1.12. The Morgan fingerprint density at radius 3 is 2.15 bits per heavy atom. The lowest BCUT2D eigenvalue weighted by Crippen LogP contribution is -2.26. The van der Waals surface area contributed by atoms with Gasteiger partial charge in [0.05, 0.1) is 5.56 Å². The fourth-order valence-corrected chi connectivity index (χ4v) is 3.46. The first-order chi connectivity index (χ1) is 16.5. The van der Waals surface area contributed by atoms with Crippen LogP contribution in [0, 0.1) is 13.8 Å². The van der Waals surface area contributed by atoms with Crippen molar-refractivity contribution in [3.05, 3.63) is 125 Å². The molecule has 0 heterocycles. The van der Waals surface area contributed by atoms with Gasteiger partial charge in [-0.3, -0.25) is 4.79 Å². The van der Waals surface area contributed by atoms with Gasteiger partial charge in [0.25, 0.3) is 5.91 Å². The molecule has 5 nitrogen and oxygen atoms in total. The molecule has 0 fully saturated rings. The average Bonchev–Trinajstić information content (AvgIpc) is 2.86. The molecule has 1 atom stereocenters. The highest BCUT2D eigenvalue weighted by Gasteiger charge is 2.26. The molecule has 0 bridgehead atoms. The maximum absolute atomic E-state index is 13.2. The fraction of sp³-hybridized carbons (Fsp3) is 0.103. The first-order valence-corrected chi connectivity index (χ1v) is 11.0. The van der Waals surface area contributed by atoms with Gasteiger partial charge < -0.3 is 14.8 Å². The number of hydrogen-bond donors (Lipinski definition) is 1. The molecule has 4 aromatic rings. The normalized spacial score (nSPS) is 11.4. The summed E-state index contributed by atoms with van der Waals surface area (Å²) < 4.78 is 11.5. The van der Waals surface area contributed by atoms with Gasteiger partial charge in [-0.05, 0) is 61.4 Å². The fourth-order valence-electron chi connectivity index (χ4n) is 3.46. The number of carbonyl (C=O) groups is 2. The number of amides is 1. The van der Waals surface area contributed by atoms with Crippen LogP contribution in [-0.4, -0.2) is 11.9 Å². The first-order valence-electron chi connectivity index (χ1n) is 11.0. The van der Waals surface area contributed by atoms with Crippen molar-refractivity contribution in [3.8, 4) is 11.5 Å². The van der Waals surface area contributed by atoms with Crippen molar-refractivity contribution in [2.45, 2.75) is 20.0 Å². The molecule has 0 saturated heterocycles. The predicted octanol–water partition coefficient (Wildman–Crippen LogP) is 6.63. The second-order valence-corrected chi connectivity index (χ2v) is 7.95. The number of anilines is 1. The minimum Gasteiger partial charge on any atom is -0.457 e. The highest BCUT2D eigenvalue weighted by atomic mass is 16.5. The first kappa shape index (κ1) is 22.8. The molecule has 5 heteroatoms. The monoisotopic (exact) mass is 451 g/mol. The SMILES string of the molecule is Cc1ccc(C)c(NC(=O)[C@H](OC(=O)c2cccc(Oc3ccccc3)c2)c2ccccc2)c1. The number of para-hydroxylation sites is 1. The van der Waals surface area contributed by atoms with E-state index in [1.54, 1.807) is 48.5 Å². The zero-order chi connectivity index (χ0) is 23.9. The molecule has 1 N–H and O–H groups in total. The zero-order valence-electron chi connectivity index (χ0n) is 19.0. The van der Waals surface area contributed by atoms with Crippen molar-refractivity contribution in [2.24, 2.45) is 0 Å². The second kappa shape index (κ2) is 10.5. The van der Waals surface area contributed by atoms with E-state index in [0.29, 0.717) is 22.7 Å². The molecule has 170 valence electrons. The summed E-state index contributed by atoms with van der Waals surface area (Å²) in [6, 6.07) is 30.7. The van der Waals surface area contributed by atoms with E-state index in [2.05, 4.69) is 5.32 Å². The van der Waals surface area contributed by atoms with Crippen LogP contribution in [0.3, 0.4) is 0 Å². The molecule has 0 aliphatic rings. The summed E-state index contributed by atoms with van der Waals surface area (Å²) in [5.41, 5.74) is 3.48. The molecule has 4 rings (SSSR count). The smallest absolute Gasteiger partial charge is 0.339 e. The van der Waals surface area contributed by atoms with E-state index in [-0.39, 0.29) is 5.56 Å². The highest BCUT2D eigenvalue weighted by molar-refractivity contribution is 5.98. The minimum absolute atomic E-state index is 0.286. The van der Waals surface area contributed by atoms with E-state index >= 15 is 0 Å². The number of ether oxygens (including phenoxy) is 2. The molecular weight excluding hydrogens is 426 g/mol. The Labute approximate surface area is 199 Å². The van der Waals surface area contributed by atoms with Crippen molar-refractivity contribution in [1.29, 1.82) is 0 Å². The third-order valence-electron chi connectivity index (χ3n) is 5.26. The lowest BCUT2D eigenvalue weighted by atomic mass is 10.1. The number of esters is 1. The number of benzene rings is 4. The topological polar surface area (TPSA) is 64.6 Å². The van der Waals surface area contributed by atoms with E-state index in [1.165, 1.54) is 0 Å². The molecule has 0 unspecified atom stereocenters. The van der Waals surface area contributed by atoms with Gasteiger partial charge in [0, 0.05) is 11.3 Å². The van der Waals surface area contributed by atoms with Gasteiger partial charge >= 0.3 is 5.97 Å². The molecule has 1 amide bonds. The van der Waals surface area contributed by atoms with Crippen molar-refractivity contribution in [1.82, 2.24) is 0 Å². The molecule has 0 aromatic heterocycles. The van der Waals surface area contributed by atoms with Gasteiger partial charge in [-0.25, -0.2) is 4.79 Å². The van der Waals surface area contributed by atoms with Crippen LogP contribution < -0.4 is 10.1 Å². The molecule has 0 radical (unpaired) electrons. The summed E-state index contributed by atoms with van der Waals surface area (Å²) in [6.45, 7) is 3.87. The molecule has 0 aliphatic heterocycles. The van der Waals surface area contributed by atoms with E-state index in [0.717, 1.165) is 11.1 Å². The van der Waals surface area contributed by atoms with Crippen molar-refractivity contribution < 1.29 is 19.1 Å². The van der Waals surface area contributed by atoms with Crippen LogP contribution in [0.4, 0.5) is 5.69 Å². The number of nitrogens with one attached hydrogen (secondary N) is 1. The van der Waals surface area contributed by atoms with Crippen LogP contribution in [-0.2, 0) is 9.53 Å². The minimum atomic E-state index is -1.12. The lowest BCUT2D eigenvalue weighted by molar-refractivity contribution is -0.125. The maximum atomic E-state index is 13.2. The Hall–Kier alpha value is -4.38. The van der Waals surface area contributed by atoms with Crippen molar-refractivity contribution >= 4 is 17.6 Å². The van der Waals surface area contributed by atoms with Crippen LogP contribution >= 0.6 is 0 Å². The largest absolute Gasteiger partial charge is 0.457 e. The van der Waals surface area contributed by atoms with Gasteiger partial charge in [-0.15, -0.1) is 0 Å². The van der Waals surface area contributed by atoms with Crippen LogP contribution in [0.5, 0.6) is 11.5 Å². The van der Waals surface area contributed by atoms with Crippen LogP contribution in [0.2, 0.25) is 0 Å². The quantitative estimate of drug-likeness (QED) is 0.320. The number of hydrogen-bond acceptors (Lipinski definition) is 4. The van der Waals surface area contributed by atoms with E-state index in [1.807, 2.05) is 68.4 Å². The van der Waals surface area contributed by atoms with Gasteiger partial charge in [-0.1, -0.05) is 66.7 Å². The highest BCUT2D eigenvalue weighted by Crippen LogP contribution is 2.26. The van der Waals surface area contributed by atoms with E-state index in [9.17, 15) is 9.59 Å². The van der Waals surface area contributed by atoms with Gasteiger partial charge in [0.1, 0.15) is 11.5 Å². The van der Waals surface area contributed by atoms with E-state index < -0.39 is 18.0 Å². The third kappa shape index (κ3) is 5.70. The van der Waals surface area contributed by atoms with Gasteiger partial charge in [0.2, 0.25) is 6.10 Å². The van der Waals surface area contributed by atoms with Crippen LogP contribution in [0.15, 0.2) is 103 Å². The molecule has 0 spiro atoms. The summed E-state index contributed by atoms with van der Waals surface area (Å²) >= 11 is 0. The molecule has 0 aliphatic carbocycles. The summed E-state index contributed by atoms with van der Waals surface area (Å²) in [5.74, 6) is 0.105. The Morgan fingerprint density at radius 2 is 1.41 bits per heavy atom. The second-order valence-electron chi connectivity index (χ2n) is 7.95. The van der Waals surface area contributed by atoms with Crippen molar-refractivity contribution in [3.63, 3.8) is 0 Å². The lowest BCUT2D eigenvalue weighted by Gasteiger charge is -2.19. The number of aryl methyl sites for hydroxylation is 2. The Balaban J connectivity index is 1.56. The van der Waals surface area contributed by atoms with Crippen LogP contribution in [0.1, 0.15) is 33.2 Å². The number of carbonyl (C=O) groups excluding carboxylic acids is 2. The molecule has 34 heavy (non-hydrogen) atoms. The van der Waals surface area contributed by atoms with Gasteiger partial charge in [0.15, 0.2) is 0 Å². The average molecular weight is 452 g/mol. The molecule has 0 saturated carbocycles. The third-order valence-corrected chi connectivity index (χ3v) is 5.26. The maximum Gasteiger partial charge on any atom is 0.339 e. The Morgan fingerprint density at radius 1 is 0.735 bits per heavy atom. The Kier molecular flexibility index (Phi) is 7.04. The van der Waals surface area contributed by atoms with E-state index in [4.69, 9.17) is 9.47 Å². The predicted molar refractivity (Wildman–Crippen MR) is 132 cm³/mol. The van der Waals surface area contributed by atoms with Crippen molar-refractivity contribution in [2.75, 3.05) is 5.32 Å². The zero-order valence-corrected chi connectivity index (χ0v) is 19.0. The molecular formula is C29H25NO4. The summed E-state index contributed by atoms with van der Waals surface area (Å²) in [5, 5.41) is 2.91. The number of rotatable bonds is 7. The van der Waals surface area contributed by atoms with Crippen LogP contribution in [0.25, 0.3) is 0 Å². The Bertz CT molecular complexity index is 1290. The van der Waals surface area contributed by atoms with Gasteiger partial charge in [-0.2, -0.15) is 0 Å². The molecule has 4 aromatic carbocycles.